The van der Waals surface area contributed by atoms with Crippen LogP contribution in [0.25, 0.3) is 0 Å². The zero-order chi connectivity index (χ0) is 14.4. The Balaban J connectivity index is 1.72. The van der Waals surface area contributed by atoms with Crippen molar-refractivity contribution < 1.29 is 9.18 Å². The fourth-order valence-corrected chi connectivity index (χ4v) is 2.79. The van der Waals surface area contributed by atoms with Gasteiger partial charge in [0.05, 0.1) is 0 Å². The van der Waals surface area contributed by atoms with E-state index in [1.165, 1.54) is 31.4 Å². The molecule has 0 spiro atoms. The maximum absolute atomic E-state index is 12.8. The topological polar surface area (TPSA) is 20.3 Å². The van der Waals surface area contributed by atoms with Gasteiger partial charge in [0.25, 0.3) is 0 Å². The summed E-state index contributed by atoms with van der Waals surface area (Å²) < 4.78 is 12.8. The van der Waals surface area contributed by atoms with Crippen molar-refractivity contribution >= 4 is 5.78 Å². The highest BCUT2D eigenvalue weighted by Crippen LogP contribution is 2.17. The SMILES string of the molecule is CC1CCCN(CCCC(=O)c2ccc(F)cc2)CC1. The average molecular weight is 277 g/mol. The van der Waals surface area contributed by atoms with Crippen LogP contribution in [0, 0.1) is 11.7 Å². The summed E-state index contributed by atoms with van der Waals surface area (Å²) in [7, 11) is 0. The first kappa shape index (κ1) is 15.2. The largest absolute Gasteiger partial charge is 0.303 e. The Hall–Kier alpha value is -1.22. The van der Waals surface area contributed by atoms with Crippen LogP contribution in [0.3, 0.4) is 0 Å². The Labute approximate surface area is 121 Å². The number of Topliss-reactive ketones (excluding diaryl/α,β-unsaturated/α-hetero) is 1. The Kier molecular flexibility index (Phi) is 5.72. The molecule has 0 bridgehead atoms. The van der Waals surface area contributed by atoms with Gasteiger partial charge < -0.3 is 4.90 Å². The van der Waals surface area contributed by atoms with Crippen LogP contribution < -0.4 is 0 Å². The minimum atomic E-state index is -0.291. The molecule has 1 heterocycles. The van der Waals surface area contributed by atoms with E-state index >= 15 is 0 Å². The van der Waals surface area contributed by atoms with Gasteiger partial charge in [-0.2, -0.15) is 0 Å². The predicted octanol–water partition coefficient (Wildman–Crippen LogP) is 3.91. The first-order valence-corrected chi connectivity index (χ1v) is 7.66. The molecule has 1 aromatic carbocycles. The van der Waals surface area contributed by atoms with Crippen LogP contribution in [-0.4, -0.2) is 30.3 Å². The second kappa shape index (κ2) is 7.53. The predicted molar refractivity (Wildman–Crippen MR) is 79.4 cm³/mol. The van der Waals surface area contributed by atoms with Gasteiger partial charge in [-0.25, -0.2) is 4.39 Å². The van der Waals surface area contributed by atoms with Crippen LogP contribution in [-0.2, 0) is 0 Å². The quantitative estimate of drug-likeness (QED) is 0.761. The van der Waals surface area contributed by atoms with Gasteiger partial charge >= 0.3 is 0 Å². The monoisotopic (exact) mass is 277 g/mol. The number of halogens is 1. The van der Waals surface area contributed by atoms with Crippen LogP contribution in [0.5, 0.6) is 0 Å². The molecule has 3 heteroatoms. The van der Waals surface area contributed by atoms with Gasteiger partial charge in [-0.3, -0.25) is 4.79 Å². The lowest BCUT2D eigenvalue weighted by molar-refractivity contribution is 0.0975. The molecule has 1 aromatic rings. The summed E-state index contributed by atoms with van der Waals surface area (Å²) in [5, 5.41) is 0. The fraction of sp³-hybridized carbons (Fsp3) is 0.588. The molecule has 1 fully saturated rings. The Morgan fingerprint density at radius 1 is 1.25 bits per heavy atom. The van der Waals surface area contributed by atoms with Crippen molar-refractivity contribution in [3.63, 3.8) is 0 Å². The van der Waals surface area contributed by atoms with Gasteiger partial charge in [0.15, 0.2) is 5.78 Å². The van der Waals surface area contributed by atoms with Crippen LogP contribution in [0.2, 0.25) is 0 Å². The number of nitrogens with zero attached hydrogens (tertiary/aromatic N) is 1. The number of benzene rings is 1. The zero-order valence-electron chi connectivity index (χ0n) is 12.3. The summed E-state index contributed by atoms with van der Waals surface area (Å²) in [6.45, 7) is 5.64. The Morgan fingerprint density at radius 3 is 2.75 bits per heavy atom. The third-order valence-corrected chi connectivity index (χ3v) is 4.15. The van der Waals surface area contributed by atoms with E-state index in [1.54, 1.807) is 12.1 Å². The van der Waals surface area contributed by atoms with E-state index in [0.717, 1.165) is 32.0 Å². The molecule has 0 radical (unpaired) electrons. The minimum absolute atomic E-state index is 0.119. The molecule has 0 N–H and O–H groups in total. The molecule has 1 atom stereocenters. The number of hydrogen-bond acceptors (Lipinski definition) is 2. The molecule has 0 amide bonds. The molecule has 0 aliphatic carbocycles. The Bertz CT molecular complexity index is 429. The van der Waals surface area contributed by atoms with Crippen LogP contribution in [0.4, 0.5) is 4.39 Å². The third kappa shape index (κ3) is 4.71. The smallest absolute Gasteiger partial charge is 0.162 e. The maximum atomic E-state index is 12.8. The lowest BCUT2D eigenvalue weighted by Gasteiger charge is -2.19. The van der Waals surface area contributed by atoms with E-state index in [0.29, 0.717) is 12.0 Å². The van der Waals surface area contributed by atoms with Gasteiger partial charge in [-0.1, -0.05) is 6.92 Å². The molecule has 1 saturated heterocycles. The number of hydrogen-bond donors (Lipinski definition) is 0. The summed E-state index contributed by atoms with van der Waals surface area (Å²) in [5.74, 6) is 0.661. The Morgan fingerprint density at radius 2 is 2.00 bits per heavy atom. The van der Waals surface area contributed by atoms with Crippen LogP contribution in [0.1, 0.15) is 49.4 Å². The van der Waals surface area contributed by atoms with E-state index in [4.69, 9.17) is 0 Å². The molecular weight excluding hydrogens is 253 g/mol. The van der Waals surface area contributed by atoms with Crippen molar-refractivity contribution in [2.45, 2.75) is 39.0 Å². The van der Waals surface area contributed by atoms with Gasteiger partial charge in [0.1, 0.15) is 5.82 Å². The van der Waals surface area contributed by atoms with Gasteiger partial charge in [-0.15, -0.1) is 0 Å². The molecule has 1 unspecified atom stereocenters. The zero-order valence-corrected chi connectivity index (χ0v) is 12.3. The molecule has 110 valence electrons. The van der Waals surface area contributed by atoms with E-state index in [2.05, 4.69) is 11.8 Å². The molecule has 2 nitrogen and oxygen atoms in total. The van der Waals surface area contributed by atoms with Crippen molar-refractivity contribution in [2.75, 3.05) is 19.6 Å². The molecule has 1 aliphatic rings. The van der Waals surface area contributed by atoms with Crippen molar-refractivity contribution in [1.82, 2.24) is 4.90 Å². The average Bonchev–Trinajstić information content (AvgIpc) is 2.64. The highest BCUT2D eigenvalue weighted by molar-refractivity contribution is 5.95. The van der Waals surface area contributed by atoms with Gasteiger partial charge in [-0.05, 0) is 75.5 Å². The molecule has 20 heavy (non-hydrogen) atoms. The van der Waals surface area contributed by atoms with E-state index in [-0.39, 0.29) is 11.6 Å². The van der Waals surface area contributed by atoms with Crippen LogP contribution >= 0.6 is 0 Å². The molecule has 2 rings (SSSR count). The summed E-state index contributed by atoms with van der Waals surface area (Å²) >= 11 is 0. The highest BCUT2D eigenvalue weighted by Gasteiger charge is 2.14. The van der Waals surface area contributed by atoms with E-state index in [1.807, 2.05) is 0 Å². The lowest BCUT2D eigenvalue weighted by Crippen LogP contribution is -2.26. The number of ketones is 1. The molecule has 1 aliphatic heterocycles. The summed E-state index contributed by atoms with van der Waals surface area (Å²) in [6, 6.07) is 5.85. The summed E-state index contributed by atoms with van der Waals surface area (Å²) in [6.07, 6.45) is 5.31. The van der Waals surface area contributed by atoms with Gasteiger partial charge in [0, 0.05) is 12.0 Å². The third-order valence-electron chi connectivity index (χ3n) is 4.15. The number of likely N-dealkylation sites (tertiary alicyclic amines) is 1. The highest BCUT2D eigenvalue weighted by atomic mass is 19.1. The molecule has 0 saturated carbocycles. The first-order valence-electron chi connectivity index (χ1n) is 7.66. The fourth-order valence-electron chi connectivity index (χ4n) is 2.79. The minimum Gasteiger partial charge on any atom is -0.303 e. The summed E-state index contributed by atoms with van der Waals surface area (Å²) in [4.78, 5) is 14.5. The maximum Gasteiger partial charge on any atom is 0.162 e. The van der Waals surface area contributed by atoms with Crippen molar-refractivity contribution in [3.8, 4) is 0 Å². The standard InChI is InChI=1S/C17H24FNO/c1-14-4-2-11-19(13-10-14)12-3-5-17(20)15-6-8-16(18)9-7-15/h6-9,14H,2-5,10-13H2,1H3. The van der Waals surface area contributed by atoms with Crippen molar-refractivity contribution in [2.24, 2.45) is 5.92 Å². The van der Waals surface area contributed by atoms with Crippen molar-refractivity contribution in [1.29, 1.82) is 0 Å². The first-order chi connectivity index (χ1) is 9.65. The molecule has 0 aromatic heterocycles. The number of carbonyl (C=O) groups excluding carboxylic acids is 1. The van der Waals surface area contributed by atoms with Crippen LogP contribution in [0.15, 0.2) is 24.3 Å². The van der Waals surface area contributed by atoms with Gasteiger partial charge in [0.2, 0.25) is 0 Å². The van der Waals surface area contributed by atoms with Crippen molar-refractivity contribution in [3.05, 3.63) is 35.6 Å². The second-order valence-corrected chi connectivity index (χ2v) is 5.91. The summed E-state index contributed by atoms with van der Waals surface area (Å²) in [5.41, 5.74) is 0.621. The number of carbonyl (C=O) groups is 1. The second-order valence-electron chi connectivity index (χ2n) is 5.91. The normalized spacial score (nSPS) is 20.6. The lowest BCUT2D eigenvalue weighted by atomic mass is 10.0. The number of rotatable bonds is 5. The van der Waals surface area contributed by atoms with E-state index in [9.17, 15) is 9.18 Å². The van der Waals surface area contributed by atoms with E-state index < -0.39 is 0 Å². The molecular formula is C17H24FNO.